The lowest BCUT2D eigenvalue weighted by Gasteiger charge is -2.04. The van der Waals surface area contributed by atoms with Crippen molar-refractivity contribution in [1.29, 1.82) is 0 Å². The summed E-state index contributed by atoms with van der Waals surface area (Å²) < 4.78 is 0. The molecule has 0 unspecified atom stereocenters. The summed E-state index contributed by atoms with van der Waals surface area (Å²) in [6.07, 6.45) is 1.53. The van der Waals surface area contributed by atoms with Crippen LogP contribution in [-0.2, 0) is 0 Å². The summed E-state index contributed by atoms with van der Waals surface area (Å²) in [6, 6.07) is 14.1. The van der Waals surface area contributed by atoms with E-state index in [4.69, 9.17) is 5.73 Å². The summed E-state index contributed by atoms with van der Waals surface area (Å²) in [4.78, 5) is 18.5. The minimum atomic E-state index is -0.326. The van der Waals surface area contributed by atoms with Crippen LogP contribution in [-0.4, -0.2) is 16.3 Å². The van der Waals surface area contributed by atoms with Gasteiger partial charge in [-0.1, -0.05) is 18.2 Å². The molecule has 0 bridgehead atoms. The minimum absolute atomic E-state index is 0.196. The van der Waals surface area contributed by atoms with E-state index in [1.54, 1.807) is 42.5 Å². The largest absolute Gasteiger partial charge is 0.494 e. The molecule has 4 N–H and O–H groups in total. The van der Waals surface area contributed by atoms with Crippen LogP contribution in [0.2, 0.25) is 0 Å². The average molecular weight is 279 g/mol. The molecule has 5 heteroatoms. The van der Waals surface area contributed by atoms with Crippen LogP contribution in [0.1, 0.15) is 5.56 Å². The third kappa shape index (κ3) is 2.49. The number of fused-ring (bicyclic) bond motifs is 1. The van der Waals surface area contributed by atoms with Gasteiger partial charge in [0, 0.05) is 22.7 Å². The quantitative estimate of drug-likeness (QED) is 0.497. The van der Waals surface area contributed by atoms with Gasteiger partial charge in [-0.3, -0.25) is 14.8 Å². The van der Waals surface area contributed by atoms with E-state index in [-0.39, 0.29) is 11.4 Å². The van der Waals surface area contributed by atoms with E-state index in [0.29, 0.717) is 27.7 Å². The number of hydrogen-bond donors (Lipinski definition) is 3. The standard InChI is InChI=1S/C16H13N3O2/c17-10-5-7-11(8-6-10)18-9-14-12-3-1-2-4-13(12)15(20)19-16(14)21/h1-9H,17H2,(H2,19,20,21). The van der Waals surface area contributed by atoms with Crippen molar-refractivity contribution in [2.75, 3.05) is 5.73 Å². The molecular formula is C16H13N3O2. The third-order valence-electron chi connectivity index (χ3n) is 3.18. The van der Waals surface area contributed by atoms with Crippen LogP contribution in [0.4, 0.5) is 11.4 Å². The third-order valence-corrected chi connectivity index (χ3v) is 3.18. The van der Waals surface area contributed by atoms with Crippen LogP contribution < -0.4 is 11.3 Å². The lowest BCUT2D eigenvalue weighted by Crippen LogP contribution is -2.07. The highest BCUT2D eigenvalue weighted by Gasteiger charge is 2.08. The van der Waals surface area contributed by atoms with Crippen LogP contribution in [0.25, 0.3) is 10.8 Å². The van der Waals surface area contributed by atoms with Crippen LogP contribution in [0.5, 0.6) is 5.88 Å². The molecule has 0 fully saturated rings. The number of nitrogens with zero attached hydrogens (tertiary/aromatic N) is 1. The lowest BCUT2D eigenvalue weighted by molar-refractivity contribution is 0.452. The molecule has 0 saturated carbocycles. The number of aliphatic imine (C=N–C) groups is 1. The van der Waals surface area contributed by atoms with Gasteiger partial charge in [-0.15, -0.1) is 0 Å². The molecule has 0 atom stereocenters. The first-order valence-corrected chi connectivity index (χ1v) is 6.39. The first kappa shape index (κ1) is 12.9. The molecule has 0 radical (unpaired) electrons. The number of rotatable bonds is 2. The highest BCUT2D eigenvalue weighted by Crippen LogP contribution is 2.21. The van der Waals surface area contributed by atoms with Gasteiger partial charge in [0.2, 0.25) is 5.88 Å². The normalized spacial score (nSPS) is 11.2. The van der Waals surface area contributed by atoms with Gasteiger partial charge < -0.3 is 10.8 Å². The van der Waals surface area contributed by atoms with Crippen molar-refractivity contribution in [1.82, 2.24) is 4.98 Å². The topological polar surface area (TPSA) is 91.5 Å². The Balaban J connectivity index is 2.12. The minimum Gasteiger partial charge on any atom is -0.494 e. The second-order valence-electron chi connectivity index (χ2n) is 4.61. The van der Waals surface area contributed by atoms with E-state index in [0.717, 1.165) is 0 Å². The van der Waals surface area contributed by atoms with E-state index in [1.807, 2.05) is 6.07 Å². The summed E-state index contributed by atoms with van der Waals surface area (Å²) >= 11 is 0. The molecule has 1 heterocycles. The second-order valence-corrected chi connectivity index (χ2v) is 4.61. The smallest absolute Gasteiger partial charge is 0.258 e. The van der Waals surface area contributed by atoms with Crippen molar-refractivity contribution in [2.24, 2.45) is 4.99 Å². The van der Waals surface area contributed by atoms with Crippen LogP contribution in [0, 0.1) is 0 Å². The summed E-state index contributed by atoms with van der Waals surface area (Å²) in [5.74, 6) is -0.196. The molecule has 0 saturated heterocycles. The number of nitrogens with one attached hydrogen (secondary N) is 1. The maximum absolute atomic E-state index is 11.8. The number of anilines is 1. The van der Waals surface area contributed by atoms with Crippen molar-refractivity contribution in [3.63, 3.8) is 0 Å². The molecule has 0 aliphatic rings. The molecule has 0 spiro atoms. The van der Waals surface area contributed by atoms with E-state index in [9.17, 15) is 9.90 Å². The van der Waals surface area contributed by atoms with E-state index >= 15 is 0 Å². The number of aromatic nitrogens is 1. The predicted molar refractivity (Wildman–Crippen MR) is 84.3 cm³/mol. The number of hydrogen-bond acceptors (Lipinski definition) is 4. The van der Waals surface area contributed by atoms with Gasteiger partial charge in [0.05, 0.1) is 11.3 Å². The second kappa shape index (κ2) is 5.13. The maximum Gasteiger partial charge on any atom is 0.258 e. The monoisotopic (exact) mass is 279 g/mol. The molecule has 0 amide bonds. The van der Waals surface area contributed by atoms with Crippen molar-refractivity contribution in [3.8, 4) is 5.88 Å². The van der Waals surface area contributed by atoms with E-state index < -0.39 is 0 Å². The van der Waals surface area contributed by atoms with Gasteiger partial charge in [0.1, 0.15) is 0 Å². The van der Waals surface area contributed by atoms with Gasteiger partial charge in [-0.25, -0.2) is 0 Å². The van der Waals surface area contributed by atoms with E-state index in [2.05, 4.69) is 9.98 Å². The van der Waals surface area contributed by atoms with Crippen LogP contribution in [0.3, 0.4) is 0 Å². The Morgan fingerprint density at radius 3 is 2.43 bits per heavy atom. The zero-order valence-corrected chi connectivity index (χ0v) is 11.1. The van der Waals surface area contributed by atoms with Crippen molar-refractivity contribution in [2.45, 2.75) is 0 Å². The molecule has 1 aromatic heterocycles. The number of nitrogens with two attached hydrogens (primary N) is 1. The van der Waals surface area contributed by atoms with Gasteiger partial charge in [0.25, 0.3) is 5.56 Å². The molecule has 104 valence electrons. The lowest BCUT2D eigenvalue weighted by atomic mass is 10.1. The molecule has 0 aliphatic carbocycles. The Kier molecular flexibility index (Phi) is 3.16. The fourth-order valence-corrected chi connectivity index (χ4v) is 2.12. The predicted octanol–water partition coefficient (Wildman–Crippen LogP) is 2.57. The van der Waals surface area contributed by atoms with Crippen molar-refractivity contribution >= 4 is 28.4 Å². The number of aromatic amines is 1. The Morgan fingerprint density at radius 2 is 1.71 bits per heavy atom. The van der Waals surface area contributed by atoms with Crippen LogP contribution >= 0.6 is 0 Å². The zero-order valence-electron chi connectivity index (χ0n) is 11.1. The highest BCUT2D eigenvalue weighted by atomic mass is 16.3. The summed E-state index contributed by atoms with van der Waals surface area (Å²) in [5, 5.41) is 11.1. The van der Waals surface area contributed by atoms with Gasteiger partial charge in [0.15, 0.2) is 0 Å². The number of H-pyrrole nitrogens is 1. The molecule has 3 rings (SSSR count). The maximum atomic E-state index is 11.8. The Hall–Kier alpha value is -3.08. The SMILES string of the molecule is Nc1ccc(N=Cc2c(O)[nH]c(=O)c3ccccc23)cc1. The Morgan fingerprint density at radius 1 is 1.05 bits per heavy atom. The molecule has 0 aliphatic heterocycles. The van der Waals surface area contributed by atoms with Gasteiger partial charge in [-0.05, 0) is 30.3 Å². The molecule has 5 nitrogen and oxygen atoms in total. The summed E-state index contributed by atoms with van der Waals surface area (Å²) in [6.45, 7) is 0. The number of nitrogen functional groups attached to an aromatic ring is 1. The summed E-state index contributed by atoms with van der Waals surface area (Å²) in [5.41, 5.74) is 7.13. The van der Waals surface area contributed by atoms with Gasteiger partial charge >= 0.3 is 0 Å². The van der Waals surface area contributed by atoms with E-state index in [1.165, 1.54) is 6.21 Å². The molecule has 21 heavy (non-hydrogen) atoms. The van der Waals surface area contributed by atoms with Crippen molar-refractivity contribution in [3.05, 3.63) is 64.4 Å². The fraction of sp³-hybridized carbons (Fsp3) is 0. The van der Waals surface area contributed by atoms with Crippen molar-refractivity contribution < 1.29 is 5.11 Å². The number of aromatic hydroxyl groups is 1. The number of benzene rings is 2. The average Bonchev–Trinajstić information content (AvgIpc) is 2.49. The zero-order chi connectivity index (χ0) is 14.8. The first-order valence-electron chi connectivity index (χ1n) is 6.39. The molecule has 3 aromatic rings. The molecule has 2 aromatic carbocycles. The van der Waals surface area contributed by atoms with Crippen LogP contribution in [0.15, 0.2) is 58.3 Å². The van der Waals surface area contributed by atoms with Gasteiger partial charge in [-0.2, -0.15) is 0 Å². The fourth-order valence-electron chi connectivity index (χ4n) is 2.12. The summed E-state index contributed by atoms with van der Waals surface area (Å²) in [7, 11) is 0. The number of pyridine rings is 1. The molecular weight excluding hydrogens is 266 g/mol. The Labute approximate surface area is 120 Å². The highest BCUT2D eigenvalue weighted by molar-refractivity contribution is 6.01. The Bertz CT molecular complexity index is 880. The first-order chi connectivity index (χ1) is 10.1.